The van der Waals surface area contributed by atoms with Gasteiger partial charge in [-0.3, -0.25) is 14.9 Å². The van der Waals surface area contributed by atoms with Crippen LogP contribution < -0.4 is 14.8 Å². The van der Waals surface area contributed by atoms with E-state index in [1.165, 1.54) is 19.1 Å². The molecule has 1 aliphatic rings. The van der Waals surface area contributed by atoms with Crippen LogP contribution in [0.25, 0.3) is 0 Å². The molecule has 1 heterocycles. The monoisotopic (exact) mass is 424 g/mol. The molecular weight excluding hydrogens is 411 g/mol. The standard InChI is InChI=1S/C18H14ClFN2O7/c1-9(17(23)21-11-2-3-13(20)14(8-11)22(25)26)29-18(24)10-6-12(19)16-15(7-10)27-4-5-28-16/h2-3,6-9H,4-5H2,1H3,(H,21,23). The molecule has 2 aromatic carbocycles. The predicted molar refractivity (Wildman–Crippen MR) is 99.0 cm³/mol. The maximum absolute atomic E-state index is 13.4. The van der Waals surface area contributed by atoms with Gasteiger partial charge in [-0.25, -0.2) is 4.79 Å². The zero-order chi connectivity index (χ0) is 21.1. The van der Waals surface area contributed by atoms with Crippen LogP contribution in [0.3, 0.4) is 0 Å². The van der Waals surface area contributed by atoms with Crippen LogP contribution in [0.15, 0.2) is 30.3 Å². The van der Waals surface area contributed by atoms with Crippen LogP contribution in [0.5, 0.6) is 11.5 Å². The van der Waals surface area contributed by atoms with Crippen molar-refractivity contribution in [2.45, 2.75) is 13.0 Å². The number of hydrogen-bond donors (Lipinski definition) is 1. The van der Waals surface area contributed by atoms with E-state index in [-0.39, 0.29) is 22.0 Å². The van der Waals surface area contributed by atoms with E-state index in [1.807, 2.05) is 0 Å². The normalized spacial score (nSPS) is 13.3. The summed E-state index contributed by atoms with van der Waals surface area (Å²) >= 11 is 6.07. The minimum absolute atomic E-state index is 0.0200. The molecule has 0 saturated heterocycles. The third kappa shape index (κ3) is 4.54. The zero-order valence-electron chi connectivity index (χ0n) is 14.9. The summed E-state index contributed by atoms with van der Waals surface area (Å²) in [6.45, 7) is 1.94. The third-order valence-corrected chi connectivity index (χ3v) is 4.18. The topological polar surface area (TPSA) is 117 Å². The molecule has 0 aromatic heterocycles. The van der Waals surface area contributed by atoms with Gasteiger partial charge in [0.2, 0.25) is 5.82 Å². The molecule has 1 unspecified atom stereocenters. The van der Waals surface area contributed by atoms with Crippen LogP contribution in [0, 0.1) is 15.9 Å². The van der Waals surface area contributed by atoms with Gasteiger partial charge < -0.3 is 19.5 Å². The minimum Gasteiger partial charge on any atom is -0.486 e. The zero-order valence-corrected chi connectivity index (χ0v) is 15.7. The van der Waals surface area contributed by atoms with Crippen molar-refractivity contribution in [3.8, 4) is 11.5 Å². The van der Waals surface area contributed by atoms with E-state index in [1.54, 1.807) is 0 Å². The Morgan fingerprint density at radius 2 is 2.00 bits per heavy atom. The van der Waals surface area contributed by atoms with E-state index < -0.39 is 34.4 Å². The Morgan fingerprint density at radius 1 is 1.28 bits per heavy atom. The van der Waals surface area contributed by atoms with Gasteiger partial charge in [0.25, 0.3) is 5.91 Å². The number of rotatable bonds is 5. The molecule has 0 spiro atoms. The van der Waals surface area contributed by atoms with Crippen molar-refractivity contribution in [3.63, 3.8) is 0 Å². The lowest BCUT2D eigenvalue weighted by Crippen LogP contribution is -2.30. The average molecular weight is 425 g/mol. The number of nitro benzene ring substituents is 1. The first-order valence-corrected chi connectivity index (χ1v) is 8.69. The van der Waals surface area contributed by atoms with Crippen molar-refractivity contribution < 1.29 is 33.1 Å². The number of halogens is 2. The molecule has 0 bridgehead atoms. The molecule has 1 N–H and O–H groups in total. The maximum Gasteiger partial charge on any atom is 0.339 e. The molecule has 3 rings (SSSR count). The van der Waals surface area contributed by atoms with Gasteiger partial charge in [0, 0.05) is 11.8 Å². The van der Waals surface area contributed by atoms with Crippen molar-refractivity contribution in [1.82, 2.24) is 0 Å². The SMILES string of the molecule is CC(OC(=O)c1cc(Cl)c2c(c1)OCCO2)C(=O)Nc1ccc(F)c([N+](=O)[O-])c1. The molecule has 0 aliphatic carbocycles. The van der Waals surface area contributed by atoms with Gasteiger partial charge in [0.05, 0.1) is 15.5 Å². The van der Waals surface area contributed by atoms with E-state index in [4.69, 9.17) is 25.8 Å². The summed E-state index contributed by atoms with van der Waals surface area (Å²) in [4.78, 5) is 34.4. The molecule has 152 valence electrons. The fourth-order valence-electron chi connectivity index (χ4n) is 2.49. The highest BCUT2D eigenvalue weighted by Gasteiger charge is 2.24. The molecule has 1 aliphatic heterocycles. The van der Waals surface area contributed by atoms with Crippen molar-refractivity contribution in [2.24, 2.45) is 0 Å². The molecule has 29 heavy (non-hydrogen) atoms. The number of nitro groups is 1. The van der Waals surface area contributed by atoms with Crippen LogP contribution in [-0.4, -0.2) is 36.1 Å². The number of fused-ring (bicyclic) bond motifs is 1. The molecular formula is C18H14ClFN2O7. The van der Waals surface area contributed by atoms with Crippen LogP contribution in [-0.2, 0) is 9.53 Å². The van der Waals surface area contributed by atoms with Gasteiger partial charge in [-0.2, -0.15) is 4.39 Å². The number of esters is 1. The highest BCUT2D eigenvalue weighted by atomic mass is 35.5. The van der Waals surface area contributed by atoms with Crippen molar-refractivity contribution in [3.05, 3.63) is 56.8 Å². The largest absolute Gasteiger partial charge is 0.486 e. The van der Waals surface area contributed by atoms with Crippen LogP contribution in [0.1, 0.15) is 17.3 Å². The van der Waals surface area contributed by atoms with E-state index in [2.05, 4.69) is 5.32 Å². The Morgan fingerprint density at radius 3 is 2.72 bits per heavy atom. The second kappa shape index (κ2) is 8.31. The number of nitrogens with zero attached hydrogens (tertiary/aromatic N) is 1. The van der Waals surface area contributed by atoms with Gasteiger partial charge in [-0.1, -0.05) is 11.6 Å². The second-order valence-electron chi connectivity index (χ2n) is 5.94. The number of benzene rings is 2. The summed E-state index contributed by atoms with van der Waals surface area (Å²) in [6, 6.07) is 5.57. The Bertz CT molecular complexity index is 998. The van der Waals surface area contributed by atoms with Crippen LogP contribution in [0.4, 0.5) is 15.8 Å². The Balaban J connectivity index is 1.68. The molecule has 9 nitrogen and oxygen atoms in total. The van der Waals surface area contributed by atoms with Gasteiger partial charge in [0.1, 0.15) is 13.2 Å². The first-order valence-electron chi connectivity index (χ1n) is 8.31. The lowest BCUT2D eigenvalue weighted by atomic mass is 10.2. The van der Waals surface area contributed by atoms with Crippen molar-refractivity contribution in [2.75, 3.05) is 18.5 Å². The Labute approximate surface area is 168 Å². The molecule has 0 fully saturated rings. The molecule has 0 saturated carbocycles. The minimum atomic E-state index is -1.25. The van der Waals surface area contributed by atoms with Gasteiger partial charge in [-0.15, -0.1) is 0 Å². The van der Waals surface area contributed by atoms with Gasteiger partial charge in [-0.05, 0) is 31.2 Å². The summed E-state index contributed by atoms with van der Waals surface area (Å²) < 4.78 is 29.2. The first-order chi connectivity index (χ1) is 13.8. The highest BCUT2D eigenvalue weighted by Crippen LogP contribution is 2.38. The first kappa shape index (κ1) is 20.3. The molecule has 1 atom stereocenters. The lowest BCUT2D eigenvalue weighted by molar-refractivity contribution is -0.387. The quantitative estimate of drug-likeness (QED) is 0.444. The highest BCUT2D eigenvalue weighted by molar-refractivity contribution is 6.32. The fraction of sp³-hybridized carbons (Fsp3) is 0.222. The Hall–Kier alpha value is -3.40. The molecule has 11 heteroatoms. The van der Waals surface area contributed by atoms with Gasteiger partial charge >= 0.3 is 11.7 Å². The molecule has 1 amide bonds. The smallest absolute Gasteiger partial charge is 0.339 e. The van der Waals surface area contributed by atoms with Gasteiger partial charge in [0.15, 0.2) is 17.6 Å². The molecule has 2 aromatic rings. The number of anilines is 1. The number of carbonyl (C=O) groups excluding carboxylic acids is 2. The van der Waals surface area contributed by atoms with Crippen molar-refractivity contribution in [1.29, 1.82) is 0 Å². The summed E-state index contributed by atoms with van der Waals surface area (Å²) in [5, 5.41) is 13.3. The molecule has 0 radical (unpaired) electrons. The summed E-state index contributed by atoms with van der Waals surface area (Å²) in [5.74, 6) is -2.04. The van der Waals surface area contributed by atoms with Crippen LogP contribution >= 0.6 is 11.6 Å². The third-order valence-electron chi connectivity index (χ3n) is 3.90. The fourth-order valence-corrected chi connectivity index (χ4v) is 2.75. The van der Waals surface area contributed by atoms with Crippen molar-refractivity contribution >= 4 is 34.9 Å². The average Bonchev–Trinajstić information content (AvgIpc) is 2.69. The Kier molecular flexibility index (Phi) is 5.83. The lowest BCUT2D eigenvalue weighted by Gasteiger charge is -2.20. The number of hydrogen-bond acceptors (Lipinski definition) is 7. The van der Waals surface area contributed by atoms with E-state index in [0.717, 1.165) is 18.2 Å². The number of nitrogens with one attached hydrogen (secondary N) is 1. The number of amides is 1. The van der Waals surface area contributed by atoms with E-state index in [9.17, 15) is 24.1 Å². The van der Waals surface area contributed by atoms with Crippen LogP contribution in [0.2, 0.25) is 5.02 Å². The summed E-state index contributed by atoms with van der Waals surface area (Å²) in [7, 11) is 0. The summed E-state index contributed by atoms with van der Waals surface area (Å²) in [5.41, 5.74) is -0.761. The summed E-state index contributed by atoms with van der Waals surface area (Å²) in [6.07, 6.45) is -1.25. The van der Waals surface area contributed by atoms with E-state index >= 15 is 0 Å². The number of carbonyl (C=O) groups is 2. The predicted octanol–water partition coefficient (Wildman–Crippen LogP) is 3.34. The second-order valence-corrected chi connectivity index (χ2v) is 6.35. The number of ether oxygens (including phenoxy) is 3. The maximum atomic E-state index is 13.4. The van der Waals surface area contributed by atoms with E-state index in [0.29, 0.717) is 19.0 Å².